The number of halogens is 1. The van der Waals surface area contributed by atoms with Crippen molar-refractivity contribution in [3.63, 3.8) is 0 Å². The first kappa shape index (κ1) is 23.7. The lowest BCUT2D eigenvalue weighted by molar-refractivity contribution is -0.142. The molecule has 2 fully saturated rings. The number of benzene rings is 1. The highest BCUT2D eigenvalue weighted by molar-refractivity contribution is 14.0. The number of nitrogens with one attached hydrogen (secondary N) is 1. The van der Waals surface area contributed by atoms with Crippen LogP contribution in [0.25, 0.3) is 0 Å². The van der Waals surface area contributed by atoms with E-state index in [0.29, 0.717) is 19.7 Å². The minimum Gasteiger partial charge on any atom is -0.496 e. The van der Waals surface area contributed by atoms with Crippen molar-refractivity contribution >= 4 is 35.8 Å². The first-order chi connectivity index (χ1) is 13.6. The van der Waals surface area contributed by atoms with Gasteiger partial charge in [0, 0.05) is 46.4 Å². The molecule has 162 valence electrons. The molecule has 1 atom stereocenters. The van der Waals surface area contributed by atoms with Crippen LogP contribution >= 0.6 is 24.0 Å². The first-order valence-electron chi connectivity index (χ1n) is 10.1. The van der Waals surface area contributed by atoms with Gasteiger partial charge in [-0.3, -0.25) is 9.79 Å². The molecule has 1 aromatic rings. The average Bonchev–Trinajstić information content (AvgIpc) is 3.27. The Labute approximate surface area is 190 Å². The number of rotatable bonds is 5. The average molecular weight is 516 g/mol. The molecule has 0 aliphatic carbocycles. The highest BCUT2D eigenvalue weighted by Gasteiger charge is 2.30. The van der Waals surface area contributed by atoms with Crippen LogP contribution in [0.1, 0.15) is 24.0 Å². The maximum absolute atomic E-state index is 12.5. The van der Waals surface area contributed by atoms with Crippen LogP contribution in [0.3, 0.4) is 0 Å². The van der Waals surface area contributed by atoms with Crippen LogP contribution in [0, 0.1) is 6.92 Å². The Kier molecular flexibility index (Phi) is 9.48. The molecule has 2 aliphatic rings. The summed E-state index contributed by atoms with van der Waals surface area (Å²) in [6.07, 6.45) is 2.51. The number of nitrogens with zero attached hydrogens (tertiary/aromatic N) is 3. The Bertz CT molecular complexity index is 699. The second kappa shape index (κ2) is 11.6. The normalized spacial score (nSPS) is 19.7. The van der Waals surface area contributed by atoms with E-state index in [-0.39, 0.29) is 36.0 Å². The number of guanidine groups is 1. The number of aliphatic imine (C=N–C) groups is 1. The third-order valence-corrected chi connectivity index (χ3v) is 5.48. The van der Waals surface area contributed by atoms with Crippen LogP contribution in [0.2, 0.25) is 0 Å². The van der Waals surface area contributed by atoms with E-state index in [4.69, 9.17) is 9.47 Å². The van der Waals surface area contributed by atoms with Gasteiger partial charge in [0.2, 0.25) is 0 Å². The Balaban J connectivity index is 0.00000300. The lowest BCUT2D eigenvalue weighted by Crippen LogP contribution is -2.55. The van der Waals surface area contributed by atoms with E-state index in [0.717, 1.165) is 56.2 Å². The topological polar surface area (TPSA) is 66.4 Å². The van der Waals surface area contributed by atoms with Crippen LogP contribution in [-0.4, -0.2) is 81.3 Å². The fourth-order valence-corrected chi connectivity index (χ4v) is 3.79. The van der Waals surface area contributed by atoms with E-state index in [2.05, 4.69) is 33.4 Å². The summed E-state index contributed by atoms with van der Waals surface area (Å²) in [4.78, 5) is 21.0. The molecule has 7 nitrogen and oxygen atoms in total. The molecule has 0 spiro atoms. The molecule has 3 rings (SSSR count). The molecule has 0 saturated carbocycles. The minimum atomic E-state index is -0.226. The highest BCUT2D eigenvalue weighted by Crippen LogP contribution is 2.19. The summed E-state index contributed by atoms with van der Waals surface area (Å²) >= 11 is 0. The van der Waals surface area contributed by atoms with Gasteiger partial charge in [-0.15, -0.1) is 24.0 Å². The number of methoxy groups -OCH3 is 1. The van der Waals surface area contributed by atoms with E-state index in [1.54, 1.807) is 14.2 Å². The molecule has 1 aromatic carbocycles. The summed E-state index contributed by atoms with van der Waals surface area (Å²) in [5, 5.41) is 3.45. The zero-order valence-corrected chi connectivity index (χ0v) is 20.0. The fourth-order valence-electron chi connectivity index (χ4n) is 3.79. The zero-order chi connectivity index (χ0) is 19.9. The lowest BCUT2D eigenvalue weighted by atomic mass is 10.1. The van der Waals surface area contributed by atoms with Crippen LogP contribution in [-0.2, 0) is 16.0 Å². The molecular weight excluding hydrogens is 483 g/mol. The second-order valence-electron chi connectivity index (χ2n) is 7.34. The molecule has 1 unspecified atom stereocenters. The quantitative estimate of drug-likeness (QED) is 0.369. The number of amides is 1. The van der Waals surface area contributed by atoms with E-state index in [1.165, 1.54) is 5.56 Å². The summed E-state index contributed by atoms with van der Waals surface area (Å²) < 4.78 is 10.9. The van der Waals surface area contributed by atoms with Gasteiger partial charge in [0.05, 0.1) is 7.11 Å². The third kappa shape index (κ3) is 6.21. The van der Waals surface area contributed by atoms with Gasteiger partial charge in [0.1, 0.15) is 11.9 Å². The van der Waals surface area contributed by atoms with Crippen LogP contribution < -0.4 is 10.1 Å². The molecule has 2 aliphatic heterocycles. The van der Waals surface area contributed by atoms with E-state index in [9.17, 15) is 4.79 Å². The SMILES string of the molecule is CN=C(NCCc1ccc(C)c(OC)c1)N1CCN(C(=O)C2CCCO2)CC1.I. The van der Waals surface area contributed by atoms with Crippen molar-refractivity contribution in [3.8, 4) is 5.75 Å². The van der Waals surface area contributed by atoms with Gasteiger partial charge in [-0.25, -0.2) is 0 Å². The summed E-state index contributed by atoms with van der Waals surface area (Å²) in [5.41, 5.74) is 2.38. The molecular formula is C21H33IN4O3. The Morgan fingerprint density at radius 3 is 2.62 bits per heavy atom. The molecule has 29 heavy (non-hydrogen) atoms. The van der Waals surface area contributed by atoms with E-state index < -0.39 is 0 Å². The standard InChI is InChI=1S/C21H32N4O3.HI/c1-16-6-7-17(15-19(16)27-3)8-9-23-21(22-2)25-12-10-24(11-13-25)20(26)18-5-4-14-28-18;/h6-7,15,18H,4-5,8-14H2,1-3H3,(H,22,23);1H. The van der Waals surface area contributed by atoms with Gasteiger partial charge in [-0.05, 0) is 43.4 Å². The predicted octanol–water partition coefficient (Wildman–Crippen LogP) is 2.06. The number of carbonyl (C=O) groups excluding carboxylic acids is 1. The van der Waals surface area contributed by atoms with Gasteiger partial charge in [-0.2, -0.15) is 0 Å². The van der Waals surface area contributed by atoms with Crippen molar-refractivity contribution < 1.29 is 14.3 Å². The van der Waals surface area contributed by atoms with Crippen LogP contribution in [0.15, 0.2) is 23.2 Å². The maximum atomic E-state index is 12.5. The van der Waals surface area contributed by atoms with Crippen molar-refractivity contribution in [2.75, 3.05) is 53.5 Å². The number of piperazine rings is 1. The maximum Gasteiger partial charge on any atom is 0.251 e. The van der Waals surface area contributed by atoms with Gasteiger partial charge in [-0.1, -0.05) is 12.1 Å². The van der Waals surface area contributed by atoms with E-state index >= 15 is 0 Å². The molecule has 2 saturated heterocycles. The van der Waals surface area contributed by atoms with Crippen molar-refractivity contribution in [2.45, 2.75) is 32.3 Å². The molecule has 1 N–H and O–H groups in total. The van der Waals surface area contributed by atoms with Gasteiger partial charge in [0.25, 0.3) is 5.91 Å². The minimum absolute atomic E-state index is 0. The van der Waals surface area contributed by atoms with Crippen molar-refractivity contribution in [2.24, 2.45) is 4.99 Å². The van der Waals surface area contributed by atoms with Crippen LogP contribution in [0.4, 0.5) is 0 Å². The second-order valence-corrected chi connectivity index (χ2v) is 7.34. The number of hydrogen-bond donors (Lipinski definition) is 1. The Hall–Kier alpha value is -1.55. The van der Waals surface area contributed by atoms with E-state index in [1.807, 2.05) is 11.8 Å². The zero-order valence-electron chi connectivity index (χ0n) is 17.6. The first-order valence-corrected chi connectivity index (χ1v) is 10.1. The Morgan fingerprint density at radius 2 is 2.00 bits per heavy atom. The monoisotopic (exact) mass is 516 g/mol. The van der Waals surface area contributed by atoms with Crippen molar-refractivity contribution in [3.05, 3.63) is 29.3 Å². The molecule has 0 bridgehead atoms. The molecule has 0 radical (unpaired) electrons. The number of ether oxygens (including phenoxy) is 2. The molecule has 8 heteroatoms. The smallest absolute Gasteiger partial charge is 0.251 e. The van der Waals surface area contributed by atoms with Crippen molar-refractivity contribution in [1.82, 2.24) is 15.1 Å². The fraction of sp³-hybridized carbons (Fsp3) is 0.619. The largest absolute Gasteiger partial charge is 0.496 e. The summed E-state index contributed by atoms with van der Waals surface area (Å²) in [6.45, 7) is 6.57. The lowest BCUT2D eigenvalue weighted by Gasteiger charge is -2.37. The number of carbonyl (C=O) groups is 1. The predicted molar refractivity (Wildman–Crippen MR) is 125 cm³/mol. The summed E-state index contributed by atoms with van der Waals surface area (Å²) in [7, 11) is 3.51. The molecule has 2 heterocycles. The number of hydrogen-bond acceptors (Lipinski definition) is 4. The number of aryl methyl sites for hydroxylation is 1. The van der Waals surface area contributed by atoms with Gasteiger partial charge in [0.15, 0.2) is 5.96 Å². The molecule has 0 aromatic heterocycles. The van der Waals surface area contributed by atoms with Crippen LogP contribution in [0.5, 0.6) is 5.75 Å². The van der Waals surface area contributed by atoms with Crippen molar-refractivity contribution in [1.29, 1.82) is 0 Å². The summed E-state index contributed by atoms with van der Waals surface area (Å²) in [6, 6.07) is 6.32. The summed E-state index contributed by atoms with van der Waals surface area (Å²) in [5.74, 6) is 1.96. The van der Waals surface area contributed by atoms with Gasteiger partial charge >= 0.3 is 0 Å². The third-order valence-electron chi connectivity index (χ3n) is 5.48. The highest BCUT2D eigenvalue weighted by atomic mass is 127. The Morgan fingerprint density at radius 1 is 1.28 bits per heavy atom. The molecule has 1 amide bonds. The van der Waals surface area contributed by atoms with Gasteiger partial charge < -0.3 is 24.6 Å².